The minimum absolute atomic E-state index is 0.542. The van der Waals surface area contributed by atoms with Crippen LogP contribution in [-0.2, 0) is 4.74 Å². The molecule has 6 nitrogen and oxygen atoms in total. The molecule has 0 aliphatic carbocycles. The summed E-state index contributed by atoms with van der Waals surface area (Å²) in [5.41, 5.74) is 0.612. The largest absolute Gasteiger partial charge is 0.388 e. The van der Waals surface area contributed by atoms with Gasteiger partial charge in [0.1, 0.15) is 12.1 Å². The second-order valence-corrected chi connectivity index (χ2v) is 7.49. The molecule has 0 amide bonds. The molecule has 1 aromatic heterocycles. The maximum atomic E-state index is 10.7. The van der Waals surface area contributed by atoms with E-state index in [2.05, 4.69) is 26.7 Å². The van der Waals surface area contributed by atoms with Crippen molar-refractivity contribution in [3.8, 4) is 0 Å². The standard InChI is InChI=1S/C17H26N4O2/c1-13-6-18-12-19-16(13)21-9-14-7-20(8-15(14)10-21)11-17(22)2-4-23-5-3-17/h6,12,14-15,22H,2-5,7-11H2,1H3. The third kappa shape index (κ3) is 3.07. The van der Waals surface area contributed by atoms with Crippen LogP contribution in [0.15, 0.2) is 12.5 Å². The van der Waals surface area contributed by atoms with E-state index in [1.54, 1.807) is 6.33 Å². The summed E-state index contributed by atoms with van der Waals surface area (Å²) in [4.78, 5) is 13.4. The van der Waals surface area contributed by atoms with Gasteiger partial charge in [-0.3, -0.25) is 4.90 Å². The van der Waals surface area contributed by atoms with Crippen molar-refractivity contribution in [1.82, 2.24) is 14.9 Å². The van der Waals surface area contributed by atoms with E-state index in [0.29, 0.717) is 25.0 Å². The van der Waals surface area contributed by atoms with Crippen molar-refractivity contribution in [3.63, 3.8) is 0 Å². The number of aromatic nitrogens is 2. The molecule has 0 radical (unpaired) electrons. The summed E-state index contributed by atoms with van der Waals surface area (Å²) in [7, 11) is 0. The second-order valence-electron chi connectivity index (χ2n) is 7.49. The van der Waals surface area contributed by atoms with Gasteiger partial charge in [-0.25, -0.2) is 9.97 Å². The van der Waals surface area contributed by atoms with Gasteiger partial charge in [0.2, 0.25) is 0 Å². The Morgan fingerprint density at radius 1 is 1.22 bits per heavy atom. The van der Waals surface area contributed by atoms with Gasteiger partial charge in [0.05, 0.1) is 5.60 Å². The van der Waals surface area contributed by atoms with Crippen molar-refractivity contribution < 1.29 is 9.84 Å². The minimum atomic E-state index is -0.542. The van der Waals surface area contributed by atoms with Crippen molar-refractivity contribution in [1.29, 1.82) is 0 Å². The van der Waals surface area contributed by atoms with Gasteiger partial charge in [-0.2, -0.15) is 0 Å². The van der Waals surface area contributed by atoms with Crippen molar-refractivity contribution in [3.05, 3.63) is 18.1 Å². The maximum absolute atomic E-state index is 10.7. The van der Waals surface area contributed by atoms with Gasteiger partial charge in [-0.1, -0.05) is 0 Å². The summed E-state index contributed by atoms with van der Waals surface area (Å²) >= 11 is 0. The Morgan fingerprint density at radius 2 is 1.91 bits per heavy atom. The van der Waals surface area contributed by atoms with Gasteiger partial charge in [-0.15, -0.1) is 0 Å². The van der Waals surface area contributed by atoms with E-state index in [1.807, 2.05) is 6.20 Å². The number of rotatable bonds is 3. The number of nitrogens with zero attached hydrogens (tertiary/aromatic N) is 4. The Hall–Kier alpha value is -1.24. The molecule has 23 heavy (non-hydrogen) atoms. The number of hydrogen-bond donors (Lipinski definition) is 1. The van der Waals surface area contributed by atoms with E-state index in [-0.39, 0.29) is 0 Å². The predicted octanol–water partition coefficient (Wildman–Crippen LogP) is 0.695. The molecular weight excluding hydrogens is 292 g/mol. The molecule has 3 aliphatic heterocycles. The van der Waals surface area contributed by atoms with Gasteiger partial charge >= 0.3 is 0 Å². The molecule has 4 rings (SSSR count). The highest BCUT2D eigenvalue weighted by Gasteiger charge is 2.43. The summed E-state index contributed by atoms with van der Waals surface area (Å²) in [6.45, 7) is 8.59. The first-order chi connectivity index (χ1) is 11.1. The number of hydrogen-bond acceptors (Lipinski definition) is 6. The summed E-state index contributed by atoms with van der Waals surface area (Å²) in [6.07, 6.45) is 5.07. The number of β-amino-alcohol motifs (C(OH)–C–C–N with tert-alkyl or cyclic N) is 1. The molecule has 3 fully saturated rings. The van der Waals surface area contributed by atoms with E-state index in [0.717, 1.165) is 56.9 Å². The van der Waals surface area contributed by atoms with Gasteiger partial charge in [-0.05, 0) is 18.8 Å². The lowest BCUT2D eigenvalue weighted by molar-refractivity contribution is -0.0778. The molecule has 6 heteroatoms. The quantitative estimate of drug-likeness (QED) is 0.885. The number of fused-ring (bicyclic) bond motifs is 1. The Labute approximate surface area is 137 Å². The third-order valence-electron chi connectivity index (χ3n) is 5.67. The van der Waals surface area contributed by atoms with Crippen molar-refractivity contribution in [2.45, 2.75) is 25.4 Å². The van der Waals surface area contributed by atoms with Gasteiger partial charge in [0.15, 0.2) is 0 Å². The number of anilines is 1. The van der Waals surface area contributed by atoms with Gasteiger partial charge in [0.25, 0.3) is 0 Å². The minimum Gasteiger partial charge on any atom is -0.388 e. The molecule has 3 saturated heterocycles. The third-order valence-corrected chi connectivity index (χ3v) is 5.67. The fraction of sp³-hybridized carbons (Fsp3) is 0.765. The molecule has 4 heterocycles. The average molecular weight is 318 g/mol. The number of aliphatic hydroxyl groups is 1. The lowest BCUT2D eigenvalue weighted by atomic mass is 9.94. The number of likely N-dealkylation sites (tertiary alicyclic amines) is 1. The normalized spacial score (nSPS) is 30.6. The lowest BCUT2D eigenvalue weighted by Crippen LogP contribution is -2.46. The van der Waals surface area contributed by atoms with Gasteiger partial charge in [0, 0.05) is 70.5 Å². The van der Waals surface area contributed by atoms with Crippen molar-refractivity contribution in [2.75, 3.05) is 50.8 Å². The lowest BCUT2D eigenvalue weighted by Gasteiger charge is -2.36. The topological polar surface area (TPSA) is 61.7 Å². The van der Waals surface area contributed by atoms with E-state index in [4.69, 9.17) is 4.74 Å². The molecule has 1 aromatic rings. The Kier molecular flexibility index (Phi) is 3.99. The molecule has 2 unspecified atom stereocenters. The van der Waals surface area contributed by atoms with Crippen LogP contribution in [0.4, 0.5) is 5.82 Å². The molecule has 0 aromatic carbocycles. The Bertz CT molecular complexity index is 547. The van der Waals surface area contributed by atoms with Crippen LogP contribution in [0.2, 0.25) is 0 Å². The zero-order chi connectivity index (χ0) is 15.9. The average Bonchev–Trinajstić information content (AvgIpc) is 3.06. The van der Waals surface area contributed by atoms with Crippen LogP contribution in [0.5, 0.6) is 0 Å². The highest BCUT2D eigenvalue weighted by molar-refractivity contribution is 5.46. The Morgan fingerprint density at radius 3 is 2.57 bits per heavy atom. The van der Waals surface area contributed by atoms with Crippen LogP contribution in [0.1, 0.15) is 18.4 Å². The predicted molar refractivity (Wildman–Crippen MR) is 87.4 cm³/mol. The zero-order valence-electron chi connectivity index (χ0n) is 13.8. The van der Waals surface area contributed by atoms with E-state index >= 15 is 0 Å². The monoisotopic (exact) mass is 318 g/mol. The van der Waals surface area contributed by atoms with Crippen molar-refractivity contribution >= 4 is 5.82 Å². The molecule has 0 saturated carbocycles. The molecule has 126 valence electrons. The van der Waals surface area contributed by atoms with E-state index in [1.165, 1.54) is 0 Å². The molecular formula is C17H26N4O2. The fourth-order valence-corrected chi connectivity index (χ4v) is 4.44. The van der Waals surface area contributed by atoms with Crippen LogP contribution < -0.4 is 4.90 Å². The highest BCUT2D eigenvalue weighted by atomic mass is 16.5. The first kappa shape index (κ1) is 15.3. The summed E-state index contributed by atoms with van der Waals surface area (Å²) in [5.74, 6) is 2.46. The van der Waals surface area contributed by atoms with Gasteiger partial charge < -0.3 is 14.7 Å². The van der Waals surface area contributed by atoms with Crippen LogP contribution in [0.25, 0.3) is 0 Å². The SMILES string of the molecule is Cc1cncnc1N1CC2CN(CC3(O)CCOCC3)CC2C1. The van der Waals surface area contributed by atoms with Crippen LogP contribution in [0, 0.1) is 18.8 Å². The number of ether oxygens (including phenoxy) is 1. The summed E-state index contributed by atoms with van der Waals surface area (Å²) in [6, 6.07) is 0. The van der Waals surface area contributed by atoms with E-state index in [9.17, 15) is 5.11 Å². The summed E-state index contributed by atoms with van der Waals surface area (Å²) < 4.78 is 5.38. The van der Waals surface area contributed by atoms with Crippen LogP contribution >= 0.6 is 0 Å². The first-order valence-corrected chi connectivity index (χ1v) is 8.67. The number of aryl methyl sites for hydroxylation is 1. The molecule has 0 spiro atoms. The zero-order valence-corrected chi connectivity index (χ0v) is 13.8. The smallest absolute Gasteiger partial charge is 0.134 e. The molecule has 2 atom stereocenters. The molecule has 1 N–H and O–H groups in total. The second kappa shape index (κ2) is 6.00. The van der Waals surface area contributed by atoms with Crippen molar-refractivity contribution in [2.24, 2.45) is 11.8 Å². The van der Waals surface area contributed by atoms with Crippen LogP contribution in [0.3, 0.4) is 0 Å². The molecule has 0 bridgehead atoms. The summed E-state index contributed by atoms with van der Waals surface area (Å²) in [5, 5.41) is 10.7. The fourth-order valence-electron chi connectivity index (χ4n) is 4.44. The maximum Gasteiger partial charge on any atom is 0.134 e. The highest BCUT2D eigenvalue weighted by Crippen LogP contribution is 2.35. The first-order valence-electron chi connectivity index (χ1n) is 8.67. The molecule has 3 aliphatic rings. The van der Waals surface area contributed by atoms with Crippen LogP contribution in [-0.4, -0.2) is 71.5 Å². The van der Waals surface area contributed by atoms with E-state index < -0.39 is 5.60 Å². The Balaban J connectivity index is 1.36.